The van der Waals surface area contributed by atoms with Crippen molar-refractivity contribution in [3.8, 4) is 11.4 Å². The molecule has 2 aromatic heterocycles. The van der Waals surface area contributed by atoms with Gasteiger partial charge in [0.05, 0.1) is 5.69 Å². The number of aromatic nitrogens is 4. The maximum absolute atomic E-state index is 14.4. The van der Waals surface area contributed by atoms with Gasteiger partial charge in [-0.2, -0.15) is 13.5 Å². The number of halogens is 4. The van der Waals surface area contributed by atoms with Gasteiger partial charge >= 0.3 is 17.9 Å². The summed E-state index contributed by atoms with van der Waals surface area (Å²) in [7, 11) is 0.988. The van der Waals surface area contributed by atoms with Crippen LogP contribution in [0.4, 0.5) is 13.2 Å². The van der Waals surface area contributed by atoms with Crippen molar-refractivity contribution < 1.29 is 17.9 Å². The van der Waals surface area contributed by atoms with Crippen molar-refractivity contribution in [3.05, 3.63) is 74.0 Å². The van der Waals surface area contributed by atoms with E-state index in [0.29, 0.717) is 20.0 Å². The molecule has 142 valence electrons. The van der Waals surface area contributed by atoms with Crippen LogP contribution in [0.1, 0.15) is 12.1 Å². The van der Waals surface area contributed by atoms with Gasteiger partial charge in [0.1, 0.15) is 17.5 Å². The largest absolute Gasteiger partial charge is 0.489 e. The Balaban J connectivity index is 1.90. The summed E-state index contributed by atoms with van der Waals surface area (Å²) in [6.45, 7) is -3.16. The van der Waals surface area contributed by atoms with Gasteiger partial charge < -0.3 is 4.74 Å². The molecule has 0 aliphatic heterocycles. The molecule has 0 bridgehead atoms. The molecule has 1 aromatic carbocycles. The van der Waals surface area contributed by atoms with E-state index in [2.05, 4.69) is 4.98 Å². The fourth-order valence-electron chi connectivity index (χ4n) is 2.39. The predicted molar refractivity (Wildman–Crippen MR) is 90.1 cm³/mol. The van der Waals surface area contributed by atoms with Crippen LogP contribution in [0.5, 0.6) is 5.75 Å². The average Bonchev–Trinajstić information content (AvgIpc) is 2.84. The second-order valence-corrected chi connectivity index (χ2v) is 5.82. The molecular weight excluding hydrogens is 389 g/mol. The van der Waals surface area contributed by atoms with Gasteiger partial charge in [0.15, 0.2) is 5.82 Å². The van der Waals surface area contributed by atoms with E-state index in [1.54, 1.807) is 12.1 Å². The van der Waals surface area contributed by atoms with Crippen LogP contribution in [0.15, 0.2) is 46.1 Å². The number of nitrogens with zero attached hydrogens (tertiary/aromatic N) is 4. The average molecular weight is 401 g/mol. The van der Waals surface area contributed by atoms with E-state index in [0.717, 1.165) is 19.2 Å². The van der Waals surface area contributed by atoms with Gasteiger partial charge in [0.2, 0.25) is 0 Å². The molecule has 0 amide bonds. The molecule has 0 saturated heterocycles. The summed E-state index contributed by atoms with van der Waals surface area (Å²) < 4.78 is 46.3. The third kappa shape index (κ3) is 3.61. The van der Waals surface area contributed by atoms with E-state index < -0.39 is 29.4 Å². The number of rotatable bonds is 5. The van der Waals surface area contributed by atoms with Crippen molar-refractivity contribution >= 4 is 11.6 Å². The smallest absolute Gasteiger partial charge is 0.356 e. The van der Waals surface area contributed by atoms with Crippen molar-refractivity contribution in [3.63, 3.8) is 0 Å². The predicted octanol–water partition coefficient (Wildman–Crippen LogP) is 2.50. The van der Waals surface area contributed by atoms with Crippen molar-refractivity contribution in [2.24, 2.45) is 7.05 Å². The summed E-state index contributed by atoms with van der Waals surface area (Å²) in [5.41, 5.74) is -2.22. The molecule has 7 nitrogen and oxygen atoms in total. The minimum Gasteiger partial charge on any atom is -0.489 e. The van der Waals surface area contributed by atoms with Gasteiger partial charge in [0, 0.05) is 24.9 Å². The molecule has 27 heavy (non-hydrogen) atoms. The standard InChI is InChI=1S/C16H12ClF3N4O3/c1-22-15(25)23(16(26)24(22)14(19)20)12-4-3-10(6-11(12)18)27-8-9-2-5-13(17)21-7-9/h2-7,14H,8H2,1H3. The van der Waals surface area contributed by atoms with Crippen LogP contribution in [0, 0.1) is 5.82 Å². The Bertz CT molecular complexity index is 1090. The molecule has 0 fully saturated rings. The molecule has 0 radical (unpaired) electrons. The summed E-state index contributed by atoms with van der Waals surface area (Å²) in [5.74, 6) is -0.864. The van der Waals surface area contributed by atoms with Crippen LogP contribution >= 0.6 is 11.6 Å². The Hall–Kier alpha value is -3.01. The highest BCUT2D eigenvalue weighted by Gasteiger charge is 2.22. The number of hydrogen-bond donors (Lipinski definition) is 0. The second-order valence-electron chi connectivity index (χ2n) is 5.44. The Labute approximate surface area is 154 Å². The summed E-state index contributed by atoms with van der Waals surface area (Å²) in [4.78, 5) is 28.0. The highest BCUT2D eigenvalue weighted by molar-refractivity contribution is 6.29. The number of benzene rings is 1. The zero-order valence-electron chi connectivity index (χ0n) is 13.8. The van der Waals surface area contributed by atoms with Gasteiger partial charge in [-0.05, 0) is 18.2 Å². The Morgan fingerprint density at radius 2 is 1.93 bits per heavy atom. The Morgan fingerprint density at radius 3 is 2.48 bits per heavy atom. The first-order valence-corrected chi connectivity index (χ1v) is 7.89. The zero-order valence-corrected chi connectivity index (χ0v) is 14.5. The normalized spacial score (nSPS) is 11.2. The number of alkyl halides is 2. The molecule has 0 atom stereocenters. The van der Waals surface area contributed by atoms with Gasteiger partial charge in [0.25, 0.3) is 0 Å². The third-order valence-corrected chi connectivity index (χ3v) is 3.94. The number of ether oxygens (including phenoxy) is 1. The summed E-state index contributed by atoms with van der Waals surface area (Å²) in [6.07, 6.45) is 1.49. The summed E-state index contributed by atoms with van der Waals surface area (Å²) in [5, 5.41) is 0.317. The lowest BCUT2D eigenvalue weighted by atomic mass is 10.2. The molecular formula is C16H12ClF3N4O3. The lowest BCUT2D eigenvalue weighted by Gasteiger charge is -2.08. The van der Waals surface area contributed by atoms with E-state index in [9.17, 15) is 22.8 Å². The minimum absolute atomic E-state index is 0.0697. The molecule has 3 rings (SSSR count). The first-order valence-electron chi connectivity index (χ1n) is 7.51. The third-order valence-electron chi connectivity index (χ3n) is 3.72. The highest BCUT2D eigenvalue weighted by atomic mass is 35.5. The topological polar surface area (TPSA) is 71.1 Å². The SMILES string of the molecule is Cn1c(=O)n(-c2ccc(OCc3ccc(Cl)nc3)cc2F)c(=O)n1C(F)F. The van der Waals surface area contributed by atoms with Crippen LogP contribution in [-0.4, -0.2) is 18.9 Å². The maximum Gasteiger partial charge on any atom is 0.356 e. The van der Waals surface area contributed by atoms with Crippen LogP contribution in [0.25, 0.3) is 5.69 Å². The molecule has 0 saturated carbocycles. The number of pyridine rings is 1. The molecule has 11 heteroatoms. The van der Waals surface area contributed by atoms with Crippen LogP contribution in [0.2, 0.25) is 5.15 Å². The Kier molecular flexibility index (Phi) is 5.08. The fraction of sp³-hybridized carbons (Fsp3) is 0.188. The summed E-state index contributed by atoms with van der Waals surface area (Å²) in [6, 6.07) is 6.61. The maximum atomic E-state index is 14.4. The van der Waals surface area contributed by atoms with Crippen LogP contribution in [-0.2, 0) is 13.7 Å². The first-order chi connectivity index (χ1) is 12.8. The van der Waals surface area contributed by atoms with E-state index in [4.69, 9.17) is 16.3 Å². The lowest BCUT2D eigenvalue weighted by molar-refractivity contribution is 0.0402. The highest BCUT2D eigenvalue weighted by Crippen LogP contribution is 2.20. The van der Waals surface area contributed by atoms with Crippen molar-refractivity contribution in [2.45, 2.75) is 13.2 Å². The molecule has 0 spiro atoms. The fourth-order valence-corrected chi connectivity index (χ4v) is 2.50. The molecule has 0 aliphatic rings. The van der Waals surface area contributed by atoms with Gasteiger partial charge in [-0.15, -0.1) is 0 Å². The number of hydrogen-bond acceptors (Lipinski definition) is 4. The zero-order chi connectivity index (χ0) is 19.7. The van der Waals surface area contributed by atoms with E-state index in [1.165, 1.54) is 12.3 Å². The monoisotopic (exact) mass is 400 g/mol. The summed E-state index contributed by atoms with van der Waals surface area (Å²) >= 11 is 5.68. The van der Waals surface area contributed by atoms with Crippen LogP contribution < -0.4 is 16.1 Å². The second kappa shape index (κ2) is 7.31. The van der Waals surface area contributed by atoms with Crippen LogP contribution in [0.3, 0.4) is 0 Å². The van der Waals surface area contributed by atoms with Crippen molar-refractivity contribution in [1.82, 2.24) is 18.9 Å². The van der Waals surface area contributed by atoms with Gasteiger partial charge in [-0.3, -0.25) is 0 Å². The minimum atomic E-state index is -3.24. The quantitative estimate of drug-likeness (QED) is 0.617. The van der Waals surface area contributed by atoms with Gasteiger partial charge in [-0.25, -0.2) is 28.2 Å². The van der Waals surface area contributed by atoms with Gasteiger partial charge in [-0.1, -0.05) is 17.7 Å². The van der Waals surface area contributed by atoms with Crippen molar-refractivity contribution in [1.29, 1.82) is 0 Å². The van der Waals surface area contributed by atoms with E-state index >= 15 is 0 Å². The van der Waals surface area contributed by atoms with E-state index in [-0.39, 0.29) is 17.0 Å². The molecule has 3 aromatic rings. The molecule has 0 N–H and O–H groups in total. The Morgan fingerprint density at radius 1 is 1.19 bits per heavy atom. The van der Waals surface area contributed by atoms with E-state index in [1.807, 2.05) is 0 Å². The van der Waals surface area contributed by atoms with Crippen molar-refractivity contribution in [2.75, 3.05) is 0 Å². The molecule has 0 unspecified atom stereocenters. The first kappa shape index (κ1) is 18.8. The molecule has 2 heterocycles. The molecule has 0 aliphatic carbocycles. The lowest BCUT2D eigenvalue weighted by Crippen LogP contribution is -2.28.